The van der Waals surface area contributed by atoms with Gasteiger partial charge in [0.25, 0.3) is 0 Å². The molecule has 0 spiro atoms. The molecular weight excluding hydrogens is 360 g/mol. The molecule has 0 radical (unpaired) electrons. The second-order valence-corrected chi connectivity index (χ2v) is 8.30. The number of nitrogens with one attached hydrogen (secondary N) is 2. The highest BCUT2D eigenvalue weighted by Crippen LogP contribution is 2.09. The van der Waals surface area contributed by atoms with Gasteiger partial charge < -0.3 is 20.3 Å². The van der Waals surface area contributed by atoms with E-state index in [0.717, 1.165) is 58.4 Å². The first kappa shape index (κ1) is 24.2. The summed E-state index contributed by atoms with van der Waals surface area (Å²) in [6.45, 7) is 12.6. The van der Waals surface area contributed by atoms with Crippen LogP contribution >= 0.6 is 0 Å². The van der Waals surface area contributed by atoms with Crippen LogP contribution in [0.5, 0.6) is 0 Å². The van der Waals surface area contributed by atoms with Gasteiger partial charge in [-0.25, -0.2) is 4.79 Å². The van der Waals surface area contributed by atoms with Gasteiger partial charge in [0, 0.05) is 52.6 Å². The molecule has 0 aliphatic carbocycles. The smallest absolute Gasteiger partial charge is 0.407 e. The van der Waals surface area contributed by atoms with Gasteiger partial charge >= 0.3 is 6.09 Å². The highest BCUT2D eigenvalue weighted by Gasteiger charge is 2.20. The first-order chi connectivity index (χ1) is 13.2. The second kappa shape index (κ2) is 12.6. The SMILES string of the molecule is CC(=O)NCCCN1CCN(C(=O)CCCCCNC(=O)OC(C)(C)C)CC1. The lowest BCUT2D eigenvalue weighted by Crippen LogP contribution is -2.49. The Morgan fingerprint density at radius 3 is 2.14 bits per heavy atom. The van der Waals surface area contributed by atoms with Gasteiger partial charge in [0.05, 0.1) is 0 Å². The lowest BCUT2D eigenvalue weighted by molar-refractivity contribution is -0.133. The second-order valence-electron chi connectivity index (χ2n) is 8.30. The molecule has 0 bridgehead atoms. The summed E-state index contributed by atoms with van der Waals surface area (Å²) in [5.41, 5.74) is -0.480. The normalized spacial score (nSPS) is 15.2. The van der Waals surface area contributed by atoms with Crippen LogP contribution in [0, 0.1) is 0 Å². The van der Waals surface area contributed by atoms with Crippen LogP contribution in [0.4, 0.5) is 4.79 Å². The van der Waals surface area contributed by atoms with Crippen LogP contribution in [0.1, 0.15) is 59.8 Å². The molecule has 0 aromatic carbocycles. The van der Waals surface area contributed by atoms with Gasteiger partial charge in [-0.05, 0) is 46.6 Å². The van der Waals surface area contributed by atoms with Crippen molar-refractivity contribution in [3.63, 3.8) is 0 Å². The monoisotopic (exact) mass is 398 g/mol. The summed E-state index contributed by atoms with van der Waals surface area (Å²) in [4.78, 5) is 39.0. The molecule has 2 N–H and O–H groups in total. The van der Waals surface area contributed by atoms with Crippen molar-refractivity contribution < 1.29 is 19.1 Å². The molecule has 162 valence electrons. The van der Waals surface area contributed by atoms with Gasteiger partial charge in [-0.15, -0.1) is 0 Å². The minimum atomic E-state index is -0.480. The summed E-state index contributed by atoms with van der Waals surface area (Å²) >= 11 is 0. The molecule has 1 aliphatic heterocycles. The Kier molecular flexibility index (Phi) is 10.9. The highest BCUT2D eigenvalue weighted by atomic mass is 16.6. The standard InChI is InChI=1S/C20H38N4O4/c1-17(25)21-11-8-12-23-13-15-24(16-14-23)18(26)9-6-5-7-10-22-19(27)28-20(2,3)4/h5-16H2,1-4H3,(H,21,25)(H,22,27). The molecule has 8 nitrogen and oxygen atoms in total. The van der Waals surface area contributed by atoms with E-state index in [9.17, 15) is 14.4 Å². The predicted octanol–water partition coefficient (Wildman–Crippen LogP) is 1.74. The largest absolute Gasteiger partial charge is 0.444 e. The molecule has 1 heterocycles. The number of alkyl carbamates (subject to hydrolysis) is 1. The highest BCUT2D eigenvalue weighted by molar-refractivity contribution is 5.76. The molecule has 0 unspecified atom stereocenters. The van der Waals surface area contributed by atoms with Crippen LogP contribution in [0.25, 0.3) is 0 Å². The minimum Gasteiger partial charge on any atom is -0.444 e. The summed E-state index contributed by atoms with van der Waals surface area (Å²) in [6, 6.07) is 0. The van der Waals surface area contributed by atoms with E-state index in [0.29, 0.717) is 19.5 Å². The molecular formula is C20H38N4O4. The van der Waals surface area contributed by atoms with E-state index in [1.165, 1.54) is 6.92 Å². The zero-order valence-corrected chi connectivity index (χ0v) is 18.0. The molecule has 1 rings (SSSR count). The van der Waals surface area contributed by atoms with E-state index < -0.39 is 11.7 Å². The third-order valence-corrected chi connectivity index (χ3v) is 4.49. The molecule has 0 aromatic rings. The molecule has 3 amide bonds. The maximum absolute atomic E-state index is 12.3. The Balaban J connectivity index is 2.03. The van der Waals surface area contributed by atoms with Gasteiger partial charge in [-0.2, -0.15) is 0 Å². The number of carbonyl (C=O) groups excluding carboxylic acids is 3. The quantitative estimate of drug-likeness (QED) is 0.547. The summed E-state index contributed by atoms with van der Waals surface area (Å²) < 4.78 is 5.18. The molecule has 1 fully saturated rings. The van der Waals surface area contributed by atoms with Crippen molar-refractivity contribution in [3.8, 4) is 0 Å². The molecule has 1 saturated heterocycles. The molecule has 0 aromatic heterocycles. The fourth-order valence-electron chi connectivity index (χ4n) is 3.03. The van der Waals surface area contributed by atoms with E-state index >= 15 is 0 Å². The van der Waals surface area contributed by atoms with Crippen molar-refractivity contribution in [2.45, 2.75) is 65.4 Å². The number of hydrogen-bond donors (Lipinski definition) is 2. The van der Waals surface area contributed by atoms with Gasteiger partial charge in [-0.1, -0.05) is 6.42 Å². The third-order valence-electron chi connectivity index (χ3n) is 4.49. The number of nitrogens with zero attached hydrogens (tertiary/aromatic N) is 2. The molecule has 0 saturated carbocycles. The Morgan fingerprint density at radius 2 is 1.54 bits per heavy atom. The van der Waals surface area contributed by atoms with E-state index in [4.69, 9.17) is 4.74 Å². The van der Waals surface area contributed by atoms with Crippen LogP contribution < -0.4 is 10.6 Å². The number of rotatable bonds is 10. The third kappa shape index (κ3) is 11.8. The lowest BCUT2D eigenvalue weighted by atomic mass is 10.1. The van der Waals surface area contributed by atoms with E-state index in [2.05, 4.69) is 15.5 Å². The Hall–Kier alpha value is -1.83. The molecule has 28 heavy (non-hydrogen) atoms. The summed E-state index contributed by atoms with van der Waals surface area (Å²) in [5, 5.41) is 5.54. The molecule has 0 atom stereocenters. The minimum absolute atomic E-state index is 0.0102. The number of unbranched alkanes of at least 4 members (excludes halogenated alkanes) is 2. The average Bonchev–Trinajstić information content (AvgIpc) is 2.60. The average molecular weight is 399 g/mol. The number of amides is 3. The van der Waals surface area contributed by atoms with Gasteiger partial charge in [0.1, 0.15) is 5.60 Å². The van der Waals surface area contributed by atoms with Crippen LogP contribution in [-0.2, 0) is 14.3 Å². The van der Waals surface area contributed by atoms with Crippen LogP contribution in [0.2, 0.25) is 0 Å². The Morgan fingerprint density at radius 1 is 0.893 bits per heavy atom. The number of ether oxygens (including phenoxy) is 1. The van der Waals surface area contributed by atoms with Gasteiger partial charge in [-0.3, -0.25) is 14.5 Å². The number of hydrogen-bond acceptors (Lipinski definition) is 5. The van der Waals surface area contributed by atoms with E-state index in [1.54, 1.807) is 0 Å². The zero-order valence-electron chi connectivity index (χ0n) is 18.0. The van der Waals surface area contributed by atoms with Crippen molar-refractivity contribution in [1.82, 2.24) is 20.4 Å². The van der Waals surface area contributed by atoms with Crippen molar-refractivity contribution in [2.75, 3.05) is 45.8 Å². The van der Waals surface area contributed by atoms with Crippen molar-refractivity contribution in [2.24, 2.45) is 0 Å². The fraction of sp³-hybridized carbons (Fsp3) is 0.850. The van der Waals surface area contributed by atoms with Crippen molar-refractivity contribution in [1.29, 1.82) is 0 Å². The van der Waals surface area contributed by atoms with Crippen LogP contribution in [0.3, 0.4) is 0 Å². The number of piperazine rings is 1. The summed E-state index contributed by atoms with van der Waals surface area (Å²) in [7, 11) is 0. The first-order valence-electron chi connectivity index (χ1n) is 10.4. The van der Waals surface area contributed by atoms with Crippen molar-refractivity contribution in [3.05, 3.63) is 0 Å². The predicted molar refractivity (Wildman–Crippen MR) is 109 cm³/mol. The topological polar surface area (TPSA) is 91.0 Å². The van der Waals surface area contributed by atoms with Crippen molar-refractivity contribution >= 4 is 17.9 Å². The number of carbonyl (C=O) groups is 3. The molecule has 1 aliphatic rings. The van der Waals surface area contributed by atoms with Gasteiger partial charge in [0.2, 0.25) is 11.8 Å². The fourth-order valence-corrected chi connectivity index (χ4v) is 3.03. The molecule has 8 heteroatoms. The Bertz CT molecular complexity index is 497. The van der Waals surface area contributed by atoms with E-state index in [1.807, 2.05) is 25.7 Å². The summed E-state index contributed by atoms with van der Waals surface area (Å²) in [6.07, 6.45) is 3.70. The van der Waals surface area contributed by atoms with Crippen LogP contribution in [0.15, 0.2) is 0 Å². The maximum Gasteiger partial charge on any atom is 0.407 e. The van der Waals surface area contributed by atoms with Gasteiger partial charge in [0.15, 0.2) is 0 Å². The summed E-state index contributed by atoms with van der Waals surface area (Å²) in [5.74, 6) is 0.231. The lowest BCUT2D eigenvalue weighted by Gasteiger charge is -2.34. The van der Waals surface area contributed by atoms with Crippen LogP contribution in [-0.4, -0.2) is 79.1 Å². The zero-order chi connectivity index (χ0) is 21.0. The Labute approximate surface area is 169 Å². The maximum atomic E-state index is 12.3. The van der Waals surface area contributed by atoms with E-state index in [-0.39, 0.29) is 11.8 Å². The first-order valence-corrected chi connectivity index (χ1v) is 10.4.